The van der Waals surface area contributed by atoms with Gasteiger partial charge in [0, 0.05) is 41.9 Å². The second-order valence-corrected chi connectivity index (χ2v) is 11.2. The van der Waals surface area contributed by atoms with Crippen LogP contribution in [0.2, 0.25) is 0 Å². The summed E-state index contributed by atoms with van der Waals surface area (Å²) in [5.41, 5.74) is 3.94. The van der Waals surface area contributed by atoms with Gasteiger partial charge in [-0.15, -0.1) is 0 Å². The molecule has 4 heterocycles. The number of halogens is 2. The monoisotopic (exact) mass is 631 g/mol. The zero-order valence-electron chi connectivity index (χ0n) is 25.4. The highest BCUT2D eigenvalue weighted by atomic mass is 19.1. The normalized spacial score (nSPS) is 13.1. The van der Waals surface area contributed by atoms with Crippen molar-refractivity contribution in [1.82, 2.24) is 24.5 Å². The molecule has 3 aromatic heterocycles. The SMILES string of the molecule is O=C(Nc1cccc(-c2nn3ccccc3c2-c2ccnc(Nc3cccc(OCCN4CCCC4)c3)n2)c1)c1c(F)cccc1F. The van der Waals surface area contributed by atoms with Crippen LogP contribution >= 0.6 is 0 Å². The maximum absolute atomic E-state index is 14.3. The van der Waals surface area contributed by atoms with Crippen LogP contribution in [0.15, 0.2) is 103 Å². The van der Waals surface area contributed by atoms with Gasteiger partial charge in [-0.2, -0.15) is 5.10 Å². The molecule has 7 rings (SSSR count). The molecule has 6 aromatic rings. The van der Waals surface area contributed by atoms with Gasteiger partial charge in [-0.1, -0.05) is 30.3 Å². The Bertz CT molecular complexity index is 2040. The molecule has 9 nitrogen and oxygen atoms in total. The lowest BCUT2D eigenvalue weighted by Crippen LogP contribution is -2.25. The molecule has 0 saturated carbocycles. The minimum Gasteiger partial charge on any atom is -0.492 e. The van der Waals surface area contributed by atoms with Gasteiger partial charge in [0.05, 0.1) is 16.8 Å². The second kappa shape index (κ2) is 13.4. The van der Waals surface area contributed by atoms with Gasteiger partial charge in [0.2, 0.25) is 5.95 Å². The lowest BCUT2D eigenvalue weighted by atomic mass is 10.0. The van der Waals surface area contributed by atoms with Gasteiger partial charge < -0.3 is 15.4 Å². The molecule has 0 radical (unpaired) electrons. The van der Waals surface area contributed by atoms with Crippen LogP contribution in [0, 0.1) is 11.6 Å². The van der Waals surface area contributed by atoms with Crippen molar-refractivity contribution in [3.63, 3.8) is 0 Å². The summed E-state index contributed by atoms with van der Waals surface area (Å²) >= 11 is 0. The molecule has 1 aliphatic rings. The molecule has 1 amide bonds. The van der Waals surface area contributed by atoms with Gasteiger partial charge in [-0.05, 0) is 80.5 Å². The number of pyridine rings is 1. The summed E-state index contributed by atoms with van der Waals surface area (Å²) in [4.78, 5) is 24.5. The predicted molar refractivity (Wildman–Crippen MR) is 177 cm³/mol. The topological polar surface area (TPSA) is 96.7 Å². The molecular formula is C36H31F2N7O2. The molecule has 47 heavy (non-hydrogen) atoms. The number of hydrogen-bond donors (Lipinski definition) is 2. The third kappa shape index (κ3) is 6.66. The number of rotatable bonds is 10. The predicted octanol–water partition coefficient (Wildman–Crippen LogP) is 7.21. The van der Waals surface area contributed by atoms with Crippen molar-refractivity contribution < 1.29 is 18.3 Å². The van der Waals surface area contributed by atoms with Crippen molar-refractivity contribution in [1.29, 1.82) is 0 Å². The Labute approximate surface area is 269 Å². The lowest BCUT2D eigenvalue weighted by Gasteiger charge is -2.15. The summed E-state index contributed by atoms with van der Waals surface area (Å²) in [6.07, 6.45) is 6.01. The van der Waals surface area contributed by atoms with E-state index >= 15 is 0 Å². The summed E-state index contributed by atoms with van der Waals surface area (Å²) in [5.74, 6) is -1.61. The summed E-state index contributed by atoms with van der Waals surface area (Å²) in [7, 11) is 0. The third-order valence-electron chi connectivity index (χ3n) is 8.00. The van der Waals surface area contributed by atoms with Crippen molar-refractivity contribution in [3.8, 4) is 28.3 Å². The number of likely N-dealkylation sites (tertiary alicyclic amines) is 1. The smallest absolute Gasteiger partial charge is 0.261 e. The van der Waals surface area contributed by atoms with Gasteiger partial charge in [-0.25, -0.2) is 23.3 Å². The number of carbonyl (C=O) groups is 1. The Kier molecular flexibility index (Phi) is 8.52. The molecule has 1 aliphatic heterocycles. The number of ether oxygens (including phenoxy) is 1. The van der Waals surface area contributed by atoms with Crippen molar-refractivity contribution in [2.24, 2.45) is 0 Å². The largest absolute Gasteiger partial charge is 0.492 e. The van der Waals surface area contributed by atoms with Crippen molar-refractivity contribution in [2.45, 2.75) is 12.8 Å². The minimum absolute atomic E-state index is 0.353. The summed E-state index contributed by atoms with van der Waals surface area (Å²) in [6.45, 7) is 3.79. The van der Waals surface area contributed by atoms with E-state index in [1.54, 1.807) is 28.9 Å². The molecule has 1 fully saturated rings. The highest BCUT2D eigenvalue weighted by Crippen LogP contribution is 2.35. The standard InChI is InChI=1S/C36H31F2N7O2/c37-28-12-7-13-29(38)32(28)35(46)40-25-9-5-8-24(22-25)34-33(31-14-1-2-19-45(31)43-34)30-15-16-39-36(42-30)41-26-10-6-11-27(23-26)47-21-20-44-17-3-4-18-44/h1-2,5-16,19,22-23H,3-4,17-18,20-21H2,(H,40,46)(H,39,41,42). The fraction of sp³-hybridized carbons (Fsp3) is 0.167. The Morgan fingerprint density at radius 3 is 2.51 bits per heavy atom. The number of nitrogens with one attached hydrogen (secondary N) is 2. The van der Waals surface area contributed by atoms with Crippen LogP contribution in [0.3, 0.4) is 0 Å². The van der Waals surface area contributed by atoms with E-state index in [2.05, 4.69) is 20.5 Å². The Hall–Kier alpha value is -5.68. The number of amides is 1. The van der Waals surface area contributed by atoms with E-state index in [-0.39, 0.29) is 0 Å². The number of aromatic nitrogens is 4. The number of hydrogen-bond acceptors (Lipinski definition) is 7. The van der Waals surface area contributed by atoms with Gasteiger partial charge in [0.15, 0.2) is 0 Å². The van der Waals surface area contributed by atoms with Crippen LogP contribution in [-0.4, -0.2) is 56.6 Å². The Morgan fingerprint density at radius 2 is 1.66 bits per heavy atom. The first-order chi connectivity index (χ1) is 23.0. The molecule has 0 bridgehead atoms. The molecule has 236 valence electrons. The average molecular weight is 632 g/mol. The first-order valence-electron chi connectivity index (χ1n) is 15.4. The van der Waals surface area contributed by atoms with E-state index in [0.717, 1.165) is 54.3 Å². The van der Waals surface area contributed by atoms with E-state index in [1.165, 1.54) is 18.9 Å². The molecule has 0 unspecified atom stereocenters. The fourth-order valence-corrected chi connectivity index (χ4v) is 5.76. The van der Waals surface area contributed by atoms with E-state index in [0.29, 0.717) is 35.2 Å². The van der Waals surface area contributed by atoms with Crippen LogP contribution in [-0.2, 0) is 0 Å². The molecule has 11 heteroatoms. The molecule has 0 aliphatic carbocycles. The third-order valence-corrected chi connectivity index (χ3v) is 8.00. The number of nitrogens with zero attached hydrogens (tertiary/aromatic N) is 5. The zero-order valence-corrected chi connectivity index (χ0v) is 25.4. The summed E-state index contributed by atoms with van der Waals surface area (Å²) in [5, 5.41) is 10.7. The second-order valence-electron chi connectivity index (χ2n) is 11.2. The van der Waals surface area contributed by atoms with Crippen LogP contribution in [0.4, 0.5) is 26.1 Å². The van der Waals surface area contributed by atoms with Gasteiger partial charge >= 0.3 is 0 Å². The van der Waals surface area contributed by atoms with Crippen LogP contribution < -0.4 is 15.4 Å². The lowest BCUT2D eigenvalue weighted by molar-refractivity contribution is 0.101. The molecule has 1 saturated heterocycles. The first kappa shape index (κ1) is 30.0. The van der Waals surface area contributed by atoms with E-state index in [9.17, 15) is 13.6 Å². The van der Waals surface area contributed by atoms with E-state index < -0.39 is 23.1 Å². The number of anilines is 3. The van der Waals surface area contributed by atoms with Crippen LogP contribution in [0.25, 0.3) is 28.0 Å². The van der Waals surface area contributed by atoms with Crippen molar-refractivity contribution in [2.75, 3.05) is 36.9 Å². The minimum atomic E-state index is -0.939. The maximum atomic E-state index is 14.3. The van der Waals surface area contributed by atoms with Crippen molar-refractivity contribution in [3.05, 3.63) is 121 Å². The Balaban J connectivity index is 1.16. The Morgan fingerprint density at radius 1 is 0.872 bits per heavy atom. The number of fused-ring (bicyclic) bond motifs is 1. The van der Waals surface area contributed by atoms with Gasteiger partial charge in [-0.3, -0.25) is 9.69 Å². The number of benzene rings is 3. The quantitative estimate of drug-likeness (QED) is 0.165. The number of carbonyl (C=O) groups excluding carboxylic acids is 1. The highest BCUT2D eigenvalue weighted by Gasteiger charge is 2.20. The van der Waals surface area contributed by atoms with Crippen molar-refractivity contribution >= 4 is 28.7 Å². The molecule has 0 atom stereocenters. The molecule has 0 spiro atoms. The summed E-state index contributed by atoms with van der Waals surface area (Å²) < 4.78 is 36.3. The van der Waals surface area contributed by atoms with Gasteiger partial charge in [0.1, 0.15) is 35.2 Å². The molecular weight excluding hydrogens is 600 g/mol. The van der Waals surface area contributed by atoms with E-state index in [4.69, 9.17) is 14.8 Å². The zero-order chi connectivity index (χ0) is 32.2. The van der Waals surface area contributed by atoms with Gasteiger partial charge in [0.25, 0.3) is 5.91 Å². The first-order valence-corrected chi connectivity index (χ1v) is 15.4. The fourth-order valence-electron chi connectivity index (χ4n) is 5.76. The van der Waals surface area contributed by atoms with Crippen LogP contribution in [0.5, 0.6) is 5.75 Å². The van der Waals surface area contributed by atoms with E-state index in [1.807, 2.05) is 60.8 Å². The van der Waals surface area contributed by atoms with Crippen LogP contribution in [0.1, 0.15) is 23.2 Å². The maximum Gasteiger partial charge on any atom is 0.261 e. The highest BCUT2D eigenvalue weighted by molar-refractivity contribution is 6.05. The molecule has 2 N–H and O–H groups in total. The summed E-state index contributed by atoms with van der Waals surface area (Å²) in [6, 6.07) is 25.5. The average Bonchev–Trinajstić information content (AvgIpc) is 3.74. The molecule has 3 aromatic carbocycles.